The Balaban J connectivity index is 1.79. The predicted octanol–water partition coefficient (Wildman–Crippen LogP) is 5.73. The number of carbonyl (C=O) groups is 1. The fourth-order valence-corrected chi connectivity index (χ4v) is 3.06. The van der Waals surface area contributed by atoms with E-state index in [-0.39, 0.29) is 5.78 Å². The van der Waals surface area contributed by atoms with Crippen LogP contribution in [0.3, 0.4) is 0 Å². The standard InChI is InChI=1S/C25H26N2O/c1-2-24(18-25(28)23-16-10-5-11-17-23)26-27(19-21-12-6-3-7-13-21)20-22-14-8-4-9-15-22/h3-17H,2,18-20H2,1H3. The van der Waals surface area contributed by atoms with Crippen LogP contribution in [-0.2, 0) is 13.1 Å². The number of hydrogen-bond acceptors (Lipinski definition) is 3. The largest absolute Gasteiger partial charge is 0.294 e. The highest BCUT2D eigenvalue weighted by Crippen LogP contribution is 2.13. The van der Waals surface area contributed by atoms with Gasteiger partial charge < -0.3 is 0 Å². The lowest BCUT2D eigenvalue weighted by atomic mass is 10.0. The number of carbonyl (C=O) groups excluding carboxylic acids is 1. The Bertz CT molecular complexity index is 848. The highest BCUT2D eigenvalue weighted by Gasteiger charge is 2.11. The molecule has 3 rings (SSSR count). The first-order valence-electron chi connectivity index (χ1n) is 9.72. The molecule has 3 nitrogen and oxygen atoms in total. The monoisotopic (exact) mass is 370 g/mol. The van der Waals surface area contributed by atoms with Gasteiger partial charge in [-0.3, -0.25) is 9.80 Å². The normalized spacial score (nSPS) is 11.2. The van der Waals surface area contributed by atoms with Crippen LogP contribution >= 0.6 is 0 Å². The average molecular weight is 370 g/mol. The van der Waals surface area contributed by atoms with E-state index < -0.39 is 0 Å². The van der Waals surface area contributed by atoms with Crippen LogP contribution in [-0.4, -0.2) is 16.5 Å². The summed E-state index contributed by atoms with van der Waals surface area (Å²) >= 11 is 0. The molecule has 142 valence electrons. The van der Waals surface area contributed by atoms with E-state index >= 15 is 0 Å². The molecular formula is C25H26N2O. The number of nitrogens with zero attached hydrogens (tertiary/aromatic N) is 2. The molecule has 0 aliphatic heterocycles. The fraction of sp³-hybridized carbons (Fsp3) is 0.200. The van der Waals surface area contributed by atoms with Crippen LogP contribution < -0.4 is 0 Å². The SMILES string of the molecule is CCC(CC(=O)c1ccccc1)=NN(Cc1ccccc1)Cc1ccccc1. The number of benzene rings is 3. The van der Waals surface area contributed by atoms with E-state index in [0.717, 1.165) is 17.7 Å². The Morgan fingerprint density at radius 1 is 0.750 bits per heavy atom. The third-order valence-electron chi connectivity index (χ3n) is 4.57. The maximum Gasteiger partial charge on any atom is 0.168 e. The third-order valence-corrected chi connectivity index (χ3v) is 4.57. The third kappa shape index (κ3) is 5.92. The van der Waals surface area contributed by atoms with E-state index in [2.05, 4.69) is 36.2 Å². The van der Waals surface area contributed by atoms with Crippen molar-refractivity contribution in [1.29, 1.82) is 0 Å². The number of rotatable bonds is 9. The van der Waals surface area contributed by atoms with Crippen molar-refractivity contribution < 1.29 is 4.79 Å². The van der Waals surface area contributed by atoms with E-state index in [0.29, 0.717) is 19.5 Å². The Morgan fingerprint density at radius 3 is 1.68 bits per heavy atom. The lowest BCUT2D eigenvalue weighted by molar-refractivity contribution is 0.0999. The van der Waals surface area contributed by atoms with Crippen molar-refractivity contribution in [3.8, 4) is 0 Å². The van der Waals surface area contributed by atoms with Gasteiger partial charge in [-0.2, -0.15) is 5.10 Å². The van der Waals surface area contributed by atoms with Crippen LogP contribution in [0, 0.1) is 0 Å². The fourth-order valence-electron chi connectivity index (χ4n) is 3.06. The zero-order chi connectivity index (χ0) is 19.6. The summed E-state index contributed by atoms with van der Waals surface area (Å²) in [4.78, 5) is 12.6. The van der Waals surface area contributed by atoms with E-state index in [1.165, 1.54) is 11.1 Å². The number of ketones is 1. The maximum atomic E-state index is 12.6. The quantitative estimate of drug-likeness (QED) is 0.274. The van der Waals surface area contributed by atoms with Crippen LogP contribution in [0.15, 0.2) is 96.1 Å². The van der Waals surface area contributed by atoms with Gasteiger partial charge in [0.15, 0.2) is 5.78 Å². The van der Waals surface area contributed by atoms with Gasteiger partial charge in [0, 0.05) is 11.3 Å². The summed E-state index contributed by atoms with van der Waals surface area (Å²) in [6.07, 6.45) is 1.10. The molecule has 0 radical (unpaired) electrons. The van der Waals surface area contributed by atoms with Crippen molar-refractivity contribution in [2.45, 2.75) is 32.9 Å². The second kappa shape index (κ2) is 10.2. The lowest BCUT2D eigenvalue weighted by Crippen LogP contribution is -2.20. The molecule has 0 unspecified atom stereocenters. The van der Waals surface area contributed by atoms with Gasteiger partial charge in [-0.05, 0) is 17.5 Å². The van der Waals surface area contributed by atoms with E-state index in [1.54, 1.807) is 0 Å². The Morgan fingerprint density at radius 2 is 1.21 bits per heavy atom. The molecule has 0 saturated heterocycles. The zero-order valence-corrected chi connectivity index (χ0v) is 16.3. The Kier molecular flexibility index (Phi) is 7.14. The smallest absolute Gasteiger partial charge is 0.168 e. The molecule has 3 aromatic rings. The summed E-state index contributed by atoms with van der Waals surface area (Å²) in [7, 11) is 0. The number of Topliss-reactive ketones (excluding diaryl/α,β-unsaturated/α-hetero) is 1. The second-order valence-corrected chi connectivity index (χ2v) is 6.78. The highest BCUT2D eigenvalue weighted by molar-refractivity contribution is 6.09. The second-order valence-electron chi connectivity index (χ2n) is 6.78. The Labute approximate surface area is 167 Å². The molecule has 0 atom stereocenters. The summed E-state index contributed by atoms with van der Waals surface area (Å²) in [6, 6.07) is 30.1. The van der Waals surface area contributed by atoms with E-state index in [9.17, 15) is 4.79 Å². The summed E-state index contributed by atoms with van der Waals surface area (Å²) in [5.74, 6) is 0.112. The molecule has 3 aromatic carbocycles. The van der Waals surface area contributed by atoms with Crippen molar-refractivity contribution in [3.63, 3.8) is 0 Å². The first-order valence-corrected chi connectivity index (χ1v) is 9.72. The summed E-state index contributed by atoms with van der Waals surface area (Å²) in [5.41, 5.74) is 4.04. The van der Waals surface area contributed by atoms with Crippen molar-refractivity contribution in [3.05, 3.63) is 108 Å². The molecule has 28 heavy (non-hydrogen) atoms. The van der Waals surface area contributed by atoms with Gasteiger partial charge in [0.25, 0.3) is 0 Å². The van der Waals surface area contributed by atoms with Gasteiger partial charge in [0.05, 0.1) is 19.5 Å². The molecule has 0 N–H and O–H groups in total. The maximum absolute atomic E-state index is 12.6. The minimum atomic E-state index is 0.112. The van der Waals surface area contributed by atoms with Crippen LogP contribution in [0.25, 0.3) is 0 Å². The van der Waals surface area contributed by atoms with Crippen molar-refractivity contribution in [1.82, 2.24) is 5.01 Å². The topological polar surface area (TPSA) is 32.7 Å². The summed E-state index contributed by atoms with van der Waals surface area (Å²) in [6.45, 7) is 3.47. The molecule has 0 aromatic heterocycles. The number of hydrogen-bond donors (Lipinski definition) is 0. The highest BCUT2D eigenvalue weighted by atomic mass is 16.1. The lowest BCUT2D eigenvalue weighted by Gasteiger charge is -2.21. The molecule has 3 heteroatoms. The van der Waals surface area contributed by atoms with Crippen LogP contribution in [0.1, 0.15) is 41.3 Å². The first kappa shape index (κ1) is 19.6. The molecule has 0 bridgehead atoms. The predicted molar refractivity (Wildman–Crippen MR) is 115 cm³/mol. The van der Waals surface area contributed by atoms with Crippen LogP contribution in [0.4, 0.5) is 0 Å². The van der Waals surface area contributed by atoms with Crippen molar-refractivity contribution in [2.24, 2.45) is 5.10 Å². The molecular weight excluding hydrogens is 344 g/mol. The van der Waals surface area contributed by atoms with Gasteiger partial charge in [-0.25, -0.2) is 0 Å². The Hall–Kier alpha value is -3.20. The number of hydrazone groups is 1. The first-order chi connectivity index (χ1) is 13.7. The molecule has 0 spiro atoms. The summed E-state index contributed by atoms with van der Waals surface area (Å²) < 4.78 is 0. The van der Waals surface area contributed by atoms with Gasteiger partial charge >= 0.3 is 0 Å². The van der Waals surface area contributed by atoms with Crippen LogP contribution in [0.2, 0.25) is 0 Å². The van der Waals surface area contributed by atoms with Crippen LogP contribution in [0.5, 0.6) is 0 Å². The van der Waals surface area contributed by atoms with Gasteiger partial charge in [0.1, 0.15) is 0 Å². The van der Waals surface area contributed by atoms with Gasteiger partial charge in [-0.15, -0.1) is 0 Å². The molecule has 0 aliphatic carbocycles. The van der Waals surface area contributed by atoms with Gasteiger partial charge in [-0.1, -0.05) is 97.9 Å². The van der Waals surface area contributed by atoms with E-state index in [1.807, 2.05) is 66.7 Å². The average Bonchev–Trinajstić information content (AvgIpc) is 2.75. The summed E-state index contributed by atoms with van der Waals surface area (Å²) in [5, 5.41) is 6.94. The molecule has 0 heterocycles. The van der Waals surface area contributed by atoms with E-state index in [4.69, 9.17) is 5.10 Å². The van der Waals surface area contributed by atoms with Crippen molar-refractivity contribution in [2.75, 3.05) is 0 Å². The minimum Gasteiger partial charge on any atom is -0.294 e. The van der Waals surface area contributed by atoms with Crippen molar-refractivity contribution >= 4 is 11.5 Å². The molecule has 0 saturated carbocycles. The van der Waals surface area contributed by atoms with Gasteiger partial charge in [0.2, 0.25) is 0 Å². The zero-order valence-electron chi connectivity index (χ0n) is 16.3. The molecule has 0 fully saturated rings. The molecule has 0 amide bonds. The molecule has 0 aliphatic rings. The minimum absolute atomic E-state index is 0.112.